The van der Waals surface area contributed by atoms with Crippen LogP contribution in [0, 0.1) is 22.7 Å². The molecule has 0 aliphatic carbocycles. The number of ether oxygens (including phenoxy) is 1. The Morgan fingerprint density at radius 3 is 2.22 bits per heavy atom. The lowest BCUT2D eigenvalue weighted by Crippen LogP contribution is -2.21. The summed E-state index contributed by atoms with van der Waals surface area (Å²) < 4.78 is 11.7. The maximum Gasteiger partial charge on any atom is 0.347 e. The molecule has 0 amide bonds. The van der Waals surface area contributed by atoms with E-state index in [4.69, 9.17) is 9.15 Å². The number of hydrogen-bond acceptors (Lipinski definition) is 7. The summed E-state index contributed by atoms with van der Waals surface area (Å²) in [4.78, 5) is 16.9. The molecule has 0 unspecified atom stereocenters. The third-order valence-corrected chi connectivity index (χ3v) is 5.11. The van der Waals surface area contributed by atoms with Gasteiger partial charge in [0.1, 0.15) is 34.6 Å². The summed E-state index contributed by atoms with van der Waals surface area (Å²) in [5, 5.41) is 18.9. The molecule has 32 heavy (non-hydrogen) atoms. The van der Waals surface area contributed by atoms with Crippen molar-refractivity contribution in [2.75, 3.05) is 37.0 Å². The zero-order valence-electron chi connectivity index (χ0n) is 18.5. The van der Waals surface area contributed by atoms with Crippen LogP contribution in [0.4, 0.5) is 11.4 Å². The van der Waals surface area contributed by atoms with Gasteiger partial charge in [-0.15, -0.1) is 0 Å². The van der Waals surface area contributed by atoms with Crippen LogP contribution in [0.3, 0.4) is 0 Å². The van der Waals surface area contributed by atoms with Crippen molar-refractivity contribution in [3.8, 4) is 23.6 Å². The number of hydrogen-bond donors (Lipinski definition) is 0. The smallest absolute Gasteiger partial charge is 0.347 e. The third-order valence-electron chi connectivity index (χ3n) is 5.11. The van der Waals surface area contributed by atoms with Gasteiger partial charge in [-0.25, -0.2) is 4.79 Å². The fraction of sp³-hybridized carbons (Fsp3) is 0.240. The van der Waals surface area contributed by atoms with Crippen LogP contribution in [0.2, 0.25) is 0 Å². The average Bonchev–Trinajstić information content (AvgIpc) is 2.80. The third kappa shape index (κ3) is 4.58. The number of fused-ring (bicyclic) bond motifs is 1. The first-order chi connectivity index (χ1) is 15.4. The Bertz CT molecular complexity index is 1270. The lowest BCUT2D eigenvalue weighted by atomic mass is 10.1. The van der Waals surface area contributed by atoms with Crippen molar-refractivity contribution in [1.82, 2.24) is 0 Å². The fourth-order valence-electron chi connectivity index (χ4n) is 3.36. The maximum absolute atomic E-state index is 12.8. The Labute approximate surface area is 187 Å². The highest BCUT2D eigenvalue weighted by Gasteiger charge is 2.18. The number of benzene rings is 2. The summed E-state index contributed by atoms with van der Waals surface area (Å²) in [7, 11) is 3.88. The lowest BCUT2D eigenvalue weighted by Gasteiger charge is -2.21. The second-order valence-electron chi connectivity index (χ2n) is 7.26. The second-order valence-corrected chi connectivity index (χ2v) is 7.26. The molecular weight excluding hydrogens is 404 g/mol. The molecule has 3 aromatic rings. The first kappa shape index (κ1) is 22.5. The number of nitrogens with zero attached hydrogens (tertiary/aromatic N) is 4. The van der Waals surface area contributed by atoms with Crippen molar-refractivity contribution in [3.63, 3.8) is 0 Å². The molecule has 3 rings (SSSR count). The van der Waals surface area contributed by atoms with Crippen LogP contribution in [0.25, 0.3) is 17.0 Å². The normalized spacial score (nSPS) is 10.2. The molecule has 0 saturated heterocycles. The molecule has 0 saturated carbocycles. The Morgan fingerprint density at radius 2 is 1.66 bits per heavy atom. The first-order valence-corrected chi connectivity index (χ1v) is 10.2. The van der Waals surface area contributed by atoms with E-state index < -0.39 is 5.63 Å². The van der Waals surface area contributed by atoms with Gasteiger partial charge in [-0.05, 0) is 56.3 Å². The number of anilines is 2. The number of nitriles is 2. The van der Waals surface area contributed by atoms with Crippen LogP contribution in [-0.4, -0.2) is 27.2 Å². The van der Waals surface area contributed by atoms with E-state index in [1.807, 2.05) is 43.3 Å². The fourth-order valence-corrected chi connectivity index (χ4v) is 3.36. The molecule has 0 aliphatic rings. The Kier molecular flexibility index (Phi) is 6.82. The van der Waals surface area contributed by atoms with Crippen LogP contribution >= 0.6 is 0 Å². The SMILES string of the molecule is CCN(CC)c1ccc2c(Oc3ccc(N(C)C)cc3)c(C=C(C#N)C#N)c(=O)oc2c1. The van der Waals surface area contributed by atoms with Gasteiger partial charge in [0, 0.05) is 44.6 Å². The van der Waals surface area contributed by atoms with E-state index in [1.165, 1.54) is 6.08 Å². The van der Waals surface area contributed by atoms with Gasteiger partial charge in [-0.1, -0.05) is 0 Å². The summed E-state index contributed by atoms with van der Waals surface area (Å²) >= 11 is 0. The lowest BCUT2D eigenvalue weighted by molar-refractivity contribution is 0.473. The highest BCUT2D eigenvalue weighted by Crippen LogP contribution is 2.35. The predicted molar refractivity (Wildman–Crippen MR) is 126 cm³/mol. The molecule has 1 heterocycles. The summed E-state index contributed by atoms with van der Waals surface area (Å²) in [5.74, 6) is 0.753. The zero-order valence-corrected chi connectivity index (χ0v) is 18.5. The van der Waals surface area contributed by atoms with Crippen LogP contribution in [0.5, 0.6) is 11.5 Å². The number of rotatable bonds is 7. The molecule has 0 radical (unpaired) electrons. The van der Waals surface area contributed by atoms with Crippen LogP contribution in [-0.2, 0) is 0 Å². The molecule has 0 aliphatic heterocycles. The van der Waals surface area contributed by atoms with Crippen molar-refractivity contribution in [2.45, 2.75) is 13.8 Å². The molecule has 0 spiro atoms. The Hall–Kier alpha value is -4.23. The molecule has 2 aromatic carbocycles. The summed E-state index contributed by atoms with van der Waals surface area (Å²) in [5.41, 5.74) is 1.40. The van der Waals surface area contributed by atoms with Crippen molar-refractivity contribution < 1.29 is 9.15 Å². The molecule has 0 fully saturated rings. The van der Waals surface area contributed by atoms with E-state index in [1.54, 1.807) is 30.3 Å². The second kappa shape index (κ2) is 9.72. The molecule has 7 heteroatoms. The minimum absolute atomic E-state index is 0.0166. The standard InChI is InChI=1S/C25H24N4O3/c1-5-29(6-2)19-9-12-21-23(14-19)32-25(30)22(13-17(15-26)16-27)24(21)31-20-10-7-18(8-11-20)28(3)4/h7-14H,5-6H2,1-4H3. The van der Waals surface area contributed by atoms with Gasteiger partial charge < -0.3 is 19.0 Å². The minimum atomic E-state index is -0.683. The molecule has 162 valence electrons. The minimum Gasteiger partial charge on any atom is -0.456 e. The Balaban J connectivity index is 2.22. The molecule has 0 bridgehead atoms. The van der Waals surface area contributed by atoms with Gasteiger partial charge >= 0.3 is 5.63 Å². The van der Waals surface area contributed by atoms with Gasteiger partial charge in [0.15, 0.2) is 5.75 Å². The van der Waals surface area contributed by atoms with Crippen LogP contribution in [0.1, 0.15) is 19.4 Å². The summed E-state index contributed by atoms with van der Waals surface area (Å²) in [6.45, 7) is 5.72. The molecule has 1 aromatic heterocycles. The highest BCUT2D eigenvalue weighted by atomic mass is 16.5. The van der Waals surface area contributed by atoms with Gasteiger partial charge in [0.2, 0.25) is 0 Å². The zero-order chi connectivity index (χ0) is 23.3. The molecule has 0 N–H and O–H groups in total. The van der Waals surface area contributed by atoms with Gasteiger partial charge in [-0.2, -0.15) is 10.5 Å². The number of allylic oxidation sites excluding steroid dienone is 1. The Morgan fingerprint density at radius 1 is 1.03 bits per heavy atom. The predicted octanol–water partition coefficient (Wildman–Crippen LogP) is 4.93. The maximum atomic E-state index is 12.8. The molecule has 0 atom stereocenters. The van der Waals surface area contributed by atoms with Gasteiger partial charge in [0.05, 0.1) is 5.39 Å². The van der Waals surface area contributed by atoms with Gasteiger partial charge in [-0.3, -0.25) is 0 Å². The first-order valence-electron chi connectivity index (χ1n) is 10.2. The van der Waals surface area contributed by atoms with Crippen molar-refractivity contribution in [2.24, 2.45) is 0 Å². The highest BCUT2D eigenvalue weighted by molar-refractivity contribution is 5.90. The molecule has 7 nitrogen and oxygen atoms in total. The van der Waals surface area contributed by atoms with E-state index in [2.05, 4.69) is 18.7 Å². The van der Waals surface area contributed by atoms with E-state index >= 15 is 0 Å². The van der Waals surface area contributed by atoms with E-state index in [9.17, 15) is 15.3 Å². The van der Waals surface area contributed by atoms with Gasteiger partial charge in [0.25, 0.3) is 0 Å². The quantitative estimate of drug-likeness (QED) is 0.389. The topological polar surface area (TPSA) is 93.5 Å². The van der Waals surface area contributed by atoms with E-state index in [-0.39, 0.29) is 16.9 Å². The van der Waals surface area contributed by atoms with E-state index in [0.717, 1.165) is 24.5 Å². The summed E-state index contributed by atoms with van der Waals surface area (Å²) in [6.07, 6.45) is 1.20. The molecular formula is C25H24N4O3. The van der Waals surface area contributed by atoms with Crippen molar-refractivity contribution >= 4 is 28.4 Å². The van der Waals surface area contributed by atoms with Crippen molar-refractivity contribution in [1.29, 1.82) is 10.5 Å². The van der Waals surface area contributed by atoms with Crippen molar-refractivity contribution in [3.05, 3.63) is 64.0 Å². The van der Waals surface area contributed by atoms with Crippen LogP contribution < -0.4 is 20.2 Å². The monoisotopic (exact) mass is 428 g/mol. The average molecular weight is 428 g/mol. The largest absolute Gasteiger partial charge is 0.456 e. The van der Waals surface area contributed by atoms with E-state index in [0.29, 0.717) is 16.7 Å². The summed E-state index contributed by atoms with van der Waals surface area (Å²) in [6, 6.07) is 16.5. The van der Waals surface area contributed by atoms with Crippen LogP contribution in [0.15, 0.2) is 57.2 Å².